The van der Waals surface area contributed by atoms with Crippen LogP contribution < -0.4 is 0 Å². The average Bonchev–Trinajstić information content (AvgIpc) is 2.08. The highest BCUT2D eigenvalue weighted by atomic mass is 35.5. The molecule has 66 valence electrons. The Balaban J connectivity index is 2.96. The molecule has 4 heteroatoms. The lowest BCUT2D eigenvalue weighted by Gasteiger charge is -2.04. The number of aliphatic hydroxyl groups excluding tert-OH is 1. The van der Waals surface area contributed by atoms with Crippen molar-refractivity contribution >= 4 is 11.6 Å². The van der Waals surface area contributed by atoms with Crippen LogP contribution in [0.2, 0.25) is 5.02 Å². The van der Waals surface area contributed by atoms with Gasteiger partial charge in [0.15, 0.2) is 0 Å². The molecule has 0 aliphatic rings. The third kappa shape index (κ3) is 1.93. The minimum Gasteiger partial charge on any atom is -0.393 e. The van der Waals surface area contributed by atoms with Crippen molar-refractivity contribution in [3.8, 4) is 0 Å². The fourth-order valence-electron chi connectivity index (χ4n) is 0.813. The summed E-state index contributed by atoms with van der Waals surface area (Å²) in [6.45, 7) is -0.623. The number of aliphatic hydroxyl groups is 1. The van der Waals surface area contributed by atoms with Gasteiger partial charge in [0.25, 0.3) is 0 Å². The molecule has 1 rings (SSSR count). The number of alkyl halides is 1. The van der Waals surface area contributed by atoms with E-state index in [1.807, 2.05) is 0 Å². The van der Waals surface area contributed by atoms with Crippen LogP contribution >= 0.6 is 11.6 Å². The second-order valence-corrected chi connectivity index (χ2v) is 2.73. The van der Waals surface area contributed by atoms with E-state index in [4.69, 9.17) is 16.7 Å². The summed E-state index contributed by atoms with van der Waals surface area (Å²) in [5, 5.41) is 8.30. The fraction of sp³-hybridized carbons (Fsp3) is 0.250. The van der Waals surface area contributed by atoms with Gasteiger partial charge in [-0.25, -0.2) is 8.78 Å². The van der Waals surface area contributed by atoms with Gasteiger partial charge in [-0.05, 0) is 17.7 Å². The van der Waals surface area contributed by atoms with Crippen LogP contribution in [0.15, 0.2) is 18.2 Å². The summed E-state index contributed by atoms with van der Waals surface area (Å²) < 4.78 is 25.3. The molecule has 1 N–H and O–H groups in total. The van der Waals surface area contributed by atoms with Crippen molar-refractivity contribution in [1.82, 2.24) is 0 Å². The normalized spacial score (nSPS) is 13.0. The van der Waals surface area contributed by atoms with Gasteiger partial charge < -0.3 is 5.11 Å². The molecule has 0 radical (unpaired) electrons. The molecule has 0 bridgehead atoms. The Labute approximate surface area is 73.6 Å². The van der Waals surface area contributed by atoms with E-state index >= 15 is 0 Å². The van der Waals surface area contributed by atoms with E-state index in [1.54, 1.807) is 0 Å². The van der Waals surface area contributed by atoms with Crippen molar-refractivity contribution in [2.75, 3.05) is 6.61 Å². The van der Waals surface area contributed by atoms with E-state index in [9.17, 15) is 8.78 Å². The first-order chi connectivity index (χ1) is 5.65. The molecule has 0 aromatic heterocycles. The van der Waals surface area contributed by atoms with E-state index in [2.05, 4.69) is 0 Å². The van der Waals surface area contributed by atoms with Gasteiger partial charge in [0.1, 0.15) is 12.0 Å². The third-order valence-electron chi connectivity index (χ3n) is 1.47. The maximum Gasteiger partial charge on any atom is 0.148 e. The summed E-state index contributed by atoms with van der Waals surface area (Å²) in [6, 6.07) is 3.49. The summed E-state index contributed by atoms with van der Waals surface area (Å²) >= 11 is 5.39. The van der Waals surface area contributed by atoms with Gasteiger partial charge in [0.05, 0.1) is 11.6 Å². The Morgan fingerprint density at radius 1 is 1.50 bits per heavy atom. The van der Waals surface area contributed by atoms with Gasteiger partial charge in [-0.3, -0.25) is 0 Å². The molecule has 1 aromatic rings. The smallest absolute Gasteiger partial charge is 0.148 e. The molecule has 0 spiro atoms. The highest BCUT2D eigenvalue weighted by Crippen LogP contribution is 2.22. The molecule has 0 fully saturated rings. The van der Waals surface area contributed by atoms with Crippen molar-refractivity contribution < 1.29 is 13.9 Å². The zero-order chi connectivity index (χ0) is 9.14. The van der Waals surface area contributed by atoms with Crippen LogP contribution in [-0.2, 0) is 0 Å². The molecule has 0 aliphatic carbocycles. The minimum absolute atomic E-state index is 0.136. The van der Waals surface area contributed by atoms with E-state index in [0.717, 1.165) is 12.1 Å². The zero-order valence-corrected chi connectivity index (χ0v) is 6.85. The highest BCUT2D eigenvalue weighted by molar-refractivity contribution is 6.30. The summed E-state index contributed by atoms with van der Waals surface area (Å²) in [5.74, 6) is -0.592. The van der Waals surface area contributed by atoms with E-state index in [0.29, 0.717) is 0 Å². The molecule has 0 saturated heterocycles. The molecular formula is C8H7ClF2O. The van der Waals surface area contributed by atoms with Gasteiger partial charge in [-0.1, -0.05) is 17.7 Å². The topological polar surface area (TPSA) is 20.2 Å². The van der Waals surface area contributed by atoms with Crippen molar-refractivity contribution in [2.24, 2.45) is 0 Å². The molecule has 0 heterocycles. The lowest BCUT2D eigenvalue weighted by molar-refractivity contribution is 0.180. The third-order valence-corrected chi connectivity index (χ3v) is 1.76. The van der Waals surface area contributed by atoms with Crippen molar-refractivity contribution in [3.63, 3.8) is 0 Å². The quantitative estimate of drug-likeness (QED) is 0.763. The monoisotopic (exact) mass is 192 g/mol. The summed E-state index contributed by atoms with van der Waals surface area (Å²) in [5.41, 5.74) is 0.184. The lowest BCUT2D eigenvalue weighted by Crippen LogP contribution is -1.97. The summed E-state index contributed by atoms with van der Waals surface area (Å²) in [4.78, 5) is 0. The number of benzene rings is 1. The molecule has 12 heavy (non-hydrogen) atoms. The van der Waals surface area contributed by atoms with E-state index in [1.165, 1.54) is 6.07 Å². The van der Waals surface area contributed by atoms with Crippen LogP contribution in [0.25, 0.3) is 0 Å². The first-order valence-corrected chi connectivity index (χ1v) is 3.73. The predicted molar refractivity (Wildman–Crippen MR) is 42.3 cm³/mol. The Morgan fingerprint density at radius 3 is 2.67 bits per heavy atom. The molecule has 0 aliphatic heterocycles. The zero-order valence-electron chi connectivity index (χ0n) is 6.10. The maximum absolute atomic E-state index is 12.7. The van der Waals surface area contributed by atoms with Gasteiger partial charge >= 0.3 is 0 Å². The van der Waals surface area contributed by atoms with Crippen LogP contribution in [-0.4, -0.2) is 11.7 Å². The summed E-state index contributed by atoms with van der Waals surface area (Å²) in [7, 11) is 0. The van der Waals surface area contributed by atoms with Crippen molar-refractivity contribution in [2.45, 2.75) is 6.17 Å². The van der Waals surface area contributed by atoms with Crippen LogP contribution in [0.5, 0.6) is 0 Å². The number of rotatable bonds is 2. The second kappa shape index (κ2) is 3.83. The number of hydrogen-bond acceptors (Lipinski definition) is 1. The molecular weight excluding hydrogens is 186 g/mol. The molecule has 1 aromatic carbocycles. The predicted octanol–water partition coefficient (Wildman–Crippen LogP) is 2.48. The number of hydrogen-bond donors (Lipinski definition) is 1. The first-order valence-electron chi connectivity index (χ1n) is 3.35. The molecule has 0 saturated carbocycles. The maximum atomic E-state index is 12.7. The van der Waals surface area contributed by atoms with Gasteiger partial charge in [-0.2, -0.15) is 0 Å². The molecule has 1 nitrogen and oxygen atoms in total. The van der Waals surface area contributed by atoms with Crippen molar-refractivity contribution in [3.05, 3.63) is 34.6 Å². The van der Waals surface area contributed by atoms with Crippen LogP contribution in [0.1, 0.15) is 11.7 Å². The van der Waals surface area contributed by atoms with Crippen LogP contribution in [0.3, 0.4) is 0 Å². The SMILES string of the molecule is OCC(F)c1ccc(F)c(Cl)c1. The van der Waals surface area contributed by atoms with E-state index in [-0.39, 0.29) is 10.6 Å². The van der Waals surface area contributed by atoms with Gasteiger partial charge in [0, 0.05) is 0 Å². The number of halogens is 3. The molecule has 1 atom stereocenters. The Morgan fingerprint density at radius 2 is 2.17 bits per heavy atom. The van der Waals surface area contributed by atoms with Gasteiger partial charge in [0.2, 0.25) is 0 Å². The van der Waals surface area contributed by atoms with Crippen molar-refractivity contribution in [1.29, 1.82) is 0 Å². The Bertz CT molecular complexity index is 278. The molecule has 1 unspecified atom stereocenters. The fourth-order valence-corrected chi connectivity index (χ4v) is 1.00. The Kier molecular flexibility index (Phi) is 3.00. The Hall–Kier alpha value is -0.670. The highest BCUT2D eigenvalue weighted by Gasteiger charge is 2.09. The first kappa shape index (κ1) is 9.42. The summed E-state index contributed by atoms with van der Waals surface area (Å²) in [6.07, 6.45) is -1.50. The second-order valence-electron chi connectivity index (χ2n) is 2.32. The van der Waals surface area contributed by atoms with Crippen LogP contribution in [0, 0.1) is 5.82 Å². The minimum atomic E-state index is -1.50. The average molecular weight is 193 g/mol. The largest absolute Gasteiger partial charge is 0.393 e. The van der Waals surface area contributed by atoms with Gasteiger partial charge in [-0.15, -0.1) is 0 Å². The standard InChI is InChI=1S/C8H7ClF2O/c9-6-3-5(8(11)4-12)1-2-7(6)10/h1-3,8,12H,4H2. The lowest BCUT2D eigenvalue weighted by atomic mass is 10.1. The van der Waals surface area contributed by atoms with E-state index < -0.39 is 18.6 Å². The molecule has 0 amide bonds. The van der Waals surface area contributed by atoms with Crippen LogP contribution in [0.4, 0.5) is 8.78 Å².